The maximum absolute atomic E-state index is 12.5. The molecule has 0 amide bonds. The maximum atomic E-state index is 12.5. The number of benzene rings is 2. The molecule has 1 aromatic heterocycles. The van der Waals surface area contributed by atoms with Crippen LogP contribution >= 0.6 is 22.9 Å². The highest BCUT2D eigenvalue weighted by atomic mass is 35.5. The zero-order chi connectivity index (χ0) is 18.0. The van der Waals surface area contributed by atoms with Crippen LogP contribution in [0.4, 0.5) is 5.69 Å². The van der Waals surface area contributed by atoms with E-state index in [1.807, 2.05) is 0 Å². The molecule has 25 heavy (non-hydrogen) atoms. The standard InChI is InChI=1S/C16H10ClNO5S2/c17-13-4-1-2-6-16(13)25(21,22)23-14-8-7-11(18(19)20)10-12(14)15-5-3-9-24-15/h1-10H. The van der Waals surface area contributed by atoms with Crippen LogP contribution in [0.2, 0.25) is 5.02 Å². The summed E-state index contributed by atoms with van der Waals surface area (Å²) in [4.78, 5) is 10.9. The molecule has 9 heteroatoms. The minimum Gasteiger partial charge on any atom is -0.378 e. The smallest absolute Gasteiger partial charge is 0.340 e. The second-order valence-electron chi connectivity index (χ2n) is 4.88. The van der Waals surface area contributed by atoms with E-state index in [0.717, 1.165) is 0 Å². The molecule has 0 unspecified atom stereocenters. The largest absolute Gasteiger partial charge is 0.378 e. The van der Waals surface area contributed by atoms with E-state index in [-0.39, 0.29) is 21.4 Å². The van der Waals surface area contributed by atoms with Gasteiger partial charge in [-0.2, -0.15) is 8.42 Å². The number of nitro groups is 1. The molecule has 0 saturated carbocycles. The van der Waals surface area contributed by atoms with Crippen LogP contribution in [0.1, 0.15) is 0 Å². The van der Waals surface area contributed by atoms with Crippen LogP contribution in [0, 0.1) is 10.1 Å². The molecule has 1 heterocycles. The monoisotopic (exact) mass is 395 g/mol. The molecule has 0 radical (unpaired) electrons. The van der Waals surface area contributed by atoms with Crippen LogP contribution < -0.4 is 4.18 Å². The van der Waals surface area contributed by atoms with E-state index >= 15 is 0 Å². The molecule has 0 aliphatic heterocycles. The van der Waals surface area contributed by atoms with Crippen molar-refractivity contribution in [3.05, 3.63) is 75.1 Å². The molecule has 0 aliphatic rings. The summed E-state index contributed by atoms with van der Waals surface area (Å²) in [6, 6.07) is 13.1. The molecular formula is C16H10ClNO5S2. The van der Waals surface area contributed by atoms with Gasteiger partial charge in [-0.3, -0.25) is 10.1 Å². The predicted octanol–water partition coefficient (Wildman–Crippen LogP) is 4.74. The maximum Gasteiger partial charge on any atom is 0.340 e. The van der Waals surface area contributed by atoms with Crippen LogP contribution in [0.15, 0.2) is 64.9 Å². The zero-order valence-electron chi connectivity index (χ0n) is 12.5. The van der Waals surface area contributed by atoms with Crippen molar-refractivity contribution < 1.29 is 17.5 Å². The lowest BCUT2D eigenvalue weighted by molar-refractivity contribution is -0.384. The first-order chi connectivity index (χ1) is 11.9. The first-order valence-corrected chi connectivity index (χ1v) is 9.56. The van der Waals surface area contributed by atoms with Gasteiger partial charge in [-0.15, -0.1) is 11.3 Å². The normalized spacial score (nSPS) is 11.2. The number of hydrogen-bond acceptors (Lipinski definition) is 6. The van der Waals surface area contributed by atoms with Gasteiger partial charge in [-0.25, -0.2) is 0 Å². The van der Waals surface area contributed by atoms with E-state index in [2.05, 4.69) is 0 Å². The van der Waals surface area contributed by atoms with E-state index in [1.54, 1.807) is 23.6 Å². The molecule has 0 saturated heterocycles. The van der Waals surface area contributed by atoms with Crippen LogP contribution in [-0.2, 0) is 10.1 Å². The topological polar surface area (TPSA) is 86.5 Å². The molecule has 0 N–H and O–H groups in total. The quantitative estimate of drug-likeness (QED) is 0.353. The third kappa shape index (κ3) is 3.65. The highest BCUT2D eigenvalue weighted by molar-refractivity contribution is 7.87. The van der Waals surface area contributed by atoms with Gasteiger partial charge < -0.3 is 4.18 Å². The summed E-state index contributed by atoms with van der Waals surface area (Å²) in [5.74, 6) is -0.00651. The van der Waals surface area contributed by atoms with Gasteiger partial charge in [-0.1, -0.05) is 29.8 Å². The third-order valence-corrected chi connectivity index (χ3v) is 5.90. The lowest BCUT2D eigenvalue weighted by Crippen LogP contribution is -2.11. The van der Waals surface area contributed by atoms with Crippen LogP contribution in [-0.4, -0.2) is 13.3 Å². The zero-order valence-corrected chi connectivity index (χ0v) is 14.8. The van der Waals surface area contributed by atoms with E-state index in [4.69, 9.17) is 15.8 Å². The third-order valence-electron chi connectivity index (χ3n) is 3.27. The Balaban J connectivity index is 2.09. The summed E-state index contributed by atoms with van der Waals surface area (Å²) in [6.07, 6.45) is 0. The molecule has 3 aromatic rings. The number of hydrogen-bond donors (Lipinski definition) is 0. The Labute approximate surface area is 152 Å². The Hall–Kier alpha value is -2.42. The Morgan fingerprint density at radius 1 is 1.08 bits per heavy atom. The van der Waals surface area contributed by atoms with E-state index < -0.39 is 15.0 Å². The number of rotatable bonds is 5. The number of nitrogens with zero attached hydrogens (tertiary/aromatic N) is 1. The fourth-order valence-electron chi connectivity index (χ4n) is 2.14. The predicted molar refractivity (Wildman–Crippen MR) is 95.7 cm³/mol. The SMILES string of the molecule is O=[N+]([O-])c1ccc(OS(=O)(=O)c2ccccc2Cl)c(-c2cccs2)c1. The van der Waals surface area contributed by atoms with Crippen molar-refractivity contribution in [2.75, 3.05) is 0 Å². The van der Waals surface area contributed by atoms with Crippen molar-refractivity contribution in [1.82, 2.24) is 0 Å². The van der Waals surface area contributed by atoms with Crippen molar-refractivity contribution in [2.24, 2.45) is 0 Å². The highest BCUT2D eigenvalue weighted by Crippen LogP contribution is 2.37. The van der Waals surface area contributed by atoms with Crippen molar-refractivity contribution in [1.29, 1.82) is 0 Å². The van der Waals surface area contributed by atoms with Gasteiger partial charge >= 0.3 is 10.1 Å². The Kier molecular flexibility index (Phi) is 4.76. The average Bonchev–Trinajstić information content (AvgIpc) is 3.09. The fourth-order valence-corrected chi connectivity index (χ4v) is 4.33. The first-order valence-electron chi connectivity index (χ1n) is 6.90. The summed E-state index contributed by atoms with van der Waals surface area (Å²) in [5.41, 5.74) is 0.158. The summed E-state index contributed by atoms with van der Waals surface area (Å²) < 4.78 is 30.3. The molecule has 6 nitrogen and oxygen atoms in total. The van der Waals surface area contributed by atoms with Crippen molar-refractivity contribution >= 4 is 38.7 Å². The van der Waals surface area contributed by atoms with Crippen LogP contribution in [0.3, 0.4) is 0 Å². The average molecular weight is 396 g/mol. The van der Waals surface area contributed by atoms with Crippen LogP contribution in [0.5, 0.6) is 5.75 Å². The molecule has 0 aliphatic carbocycles. The molecular weight excluding hydrogens is 386 g/mol. The Bertz CT molecular complexity index is 1030. The summed E-state index contributed by atoms with van der Waals surface area (Å²) >= 11 is 7.25. The van der Waals surface area contributed by atoms with E-state index in [1.165, 1.54) is 47.7 Å². The highest BCUT2D eigenvalue weighted by Gasteiger charge is 2.23. The lowest BCUT2D eigenvalue weighted by Gasteiger charge is -2.11. The minimum absolute atomic E-state index is 0.00651. The van der Waals surface area contributed by atoms with E-state index in [0.29, 0.717) is 10.4 Å². The molecule has 0 atom stereocenters. The Morgan fingerprint density at radius 2 is 1.84 bits per heavy atom. The molecule has 3 rings (SSSR count). The van der Waals surface area contributed by atoms with Crippen LogP contribution in [0.25, 0.3) is 10.4 Å². The number of thiophene rings is 1. The molecule has 0 fully saturated rings. The molecule has 128 valence electrons. The second kappa shape index (κ2) is 6.83. The Morgan fingerprint density at radius 3 is 2.48 bits per heavy atom. The molecule has 0 spiro atoms. The summed E-state index contributed by atoms with van der Waals surface area (Å²) in [6.45, 7) is 0. The van der Waals surface area contributed by atoms with Crippen molar-refractivity contribution in [3.8, 4) is 16.2 Å². The number of nitro benzene ring substituents is 1. The summed E-state index contributed by atoms with van der Waals surface area (Å²) in [7, 11) is -4.19. The van der Waals surface area contributed by atoms with Gasteiger partial charge in [0.05, 0.1) is 9.95 Å². The van der Waals surface area contributed by atoms with Crippen molar-refractivity contribution in [3.63, 3.8) is 0 Å². The number of halogens is 1. The van der Waals surface area contributed by atoms with E-state index in [9.17, 15) is 18.5 Å². The van der Waals surface area contributed by atoms with Gasteiger partial charge in [0.25, 0.3) is 5.69 Å². The molecule has 0 bridgehead atoms. The minimum atomic E-state index is -4.19. The fraction of sp³-hybridized carbons (Fsp3) is 0. The van der Waals surface area contributed by atoms with Gasteiger partial charge in [0.2, 0.25) is 0 Å². The lowest BCUT2D eigenvalue weighted by atomic mass is 10.1. The second-order valence-corrected chi connectivity index (χ2v) is 7.75. The van der Waals surface area contributed by atoms with Crippen molar-refractivity contribution in [2.45, 2.75) is 4.90 Å². The van der Waals surface area contributed by atoms with Gasteiger partial charge in [0.15, 0.2) is 5.75 Å². The van der Waals surface area contributed by atoms with Gasteiger partial charge in [0, 0.05) is 22.6 Å². The van der Waals surface area contributed by atoms with Gasteiger partial charge in [0.1, 0.15) is 4.90 Å². The number of non-ortho nitro benzene ring substituents is 1. The molecule has 2 aromatic carbocycles. The summed E-state index contributed by atoms with van der Waals surface area (Å²) in [5, 5.41) is 12.8. The first kappa shape index (κ1) is 17.4. The van der Waals surface area contributed by atoms with Gasteiger partial charge in [-0.05, 0) is 29.6 Å².